The zero-order valence-corrected chi connectivity index (χ0v) is 18.7. The molecule has 0 atom stereocenters. The third-order valence-corrected chi connectivity index (χ3v) is 6.64. The molecule has 5 rings (SSSR count). The Labute approximate surface area is 190 Å². The molecule has 1 spiro atoms. The summed E-state index contributed by atoms with van der Waals surface area (Å²) in [6, 6.07) is 9.38. The van der Waals surface area contributed by atoms with E-state index in [1.54, 1.807) is 12.0 Å². The van der Waals surface area contributed by atoms with Crippen molar-refractivity contribution in [2.45, 2.75) is 25.4 Å². The predicted octanol–water partition coefficient (Wildman–Crippen LogP) is 4.42. The average molecular weight is 454 g/mol. The van der Waals surface area contributed by atoms with Crippen molar-refractivity contribution in [2.24, 2.45) is 0 Å². The van der Waals surface area contributed by atoms with Crippen LogP contribution in [-0.2, 0) is 4.74 Å². The van der Waals surface area contributed by atoms with Crippen LogP contribution in [0.5, 0.6) is 5.75 Å². The topological polar surface area (TPSA) is 88.6 Å². The van der Waals surface area contributed by atoms with Crippen LogP contribution in [0.15, 0.2) is 36.7 Å². The van der Waals surface area contributed by atoms with Gasteiger partial charge < -0.3 is 20.1 Å². The number of ether oxygens (including phenoxy) is 2. The number of fused-ring (bicyclic) bond motifs is 1. The van der Waals surface area contributed by atoms with Crippen LogP contribution in [0.25, 0.3) is 10.9 Å². The quantitative estimate of drug-likeness (QED) is 0.604. The van der Waals surface area contributed by atoms with Gasteiger partial charge in [0.1, 0.15) is 23.5 Å². The Morgan fingerprint density at radius 3 is 2.84 bits per heavy atom. The number of hydrogen-bond donors (Lipinski definition) is 2. The molecule has 166 valence electrons. The van der Waals surface area contributed by atoms with Crippen molar-refractivity contribution in [1.82, 2.24) is 15.3 Å². The van der Waals surface area contributed by atoms with E-state index in [2.05, 4.69) is 20.6 Å². The van der Waals surface area contributed by atoms with Crippen molar-refractivity contribution in [1.29, 1.82) is 0 Å². The number of halogens is 1. The highest BCUT2D eigenvalue weighted by Crippen LogP contribution is 2.41. The van der Waals surface area contributed by atoms with Gasteiger partial charge in [-0.2, -0.15) is 0 Å². The van der Waals surface area contributed by atoms with Gasteiger partial charge in [0.25, 0.3) is 0 Å². The van der Waals surface area contributed by atoms with Crippen LogP contribution in [-0.4, -0.2) is 48.4 Å². The number of benzene rings is 2. The minimum absolute atomic E-state index is 0.360. The summed E-state index contributed by atoms with van der Waals surface area (Å²) in [7, 11) is 1.59. The molecule has 2 aromatic carbocycles. The van der Waals surface area contributed by atoms with E-state index in [-0.39, 0.29) is 6.09 Å². The summed E-state index contributed by atoms with van der Waals surface area (Å²) in [5.74, 6) is 1.18. The summed E-state index contributed by atoms with van der Waals surface area (Å²) in [6.07, 6.45) is 2.71. The zero-order chi connectivity index (χ0) is 22.3. The number of amides is 1. The van der Waals surface area contributed by atoms with Gasteiger partial charge in [0, 0.05) is 35.0 Å². The van der Waals surface area contributed by atoms with E-state index in [1.807, 2.05) is 37.3 Å². The van der Waals surface area contributed by atoms with Crippen LogP contribution in [0, 0.1) is 6.92 Å². The Morgan fingerprint density at radius 1 is 1.25 bits per heavy atom. The molecule has 0 radical (unpaired) electrons. The Balaban J connectivity index is 1.57. The summed E-state index contributed by atoms with van der Waals surface area (Å²) in [6.45, 7) is 4.09. The number of nitrogens with one attached hydrogen (secondary N) is 2. The molecule has 0 unspecified atom stereocenters. The van der Waals surface area contributed by atoms with Crippen LogP contribution in [0.4, 0.5) is 22.0 Å². The first kappa shape index (κ1) is 20.8. The molecule has 2 aliphatic heterocycles. The van der Waals surface area contributed by atoms with Gasteiger partial charge >= 0.3 is 6.09 Å². The Morgan fingerprint density at radius 2 is 2.06 bits per heavy atom. The Hall–Kier alpha value is -3.10. The van der Waals surface area contributed by atoms with Crippen molar-refractivity contribution in [3.63, 3.8) is 0 Å². The van der Waals surface area contributed by atoms with Crippen LogP contribution in [0.1, 0.15) is 18.4 Å². The van der Waals surface area contributed by atoms with E-state index in [9.17, 15) is 4.79 Å². The second-order valence-corrected chi connectivity index (χ2v) is 8.60. The molecular weight excluding hydrogens is 430 g/mol. The first-order chi connectivity index (χ1) is 15.5. The van der Waals surface area contributed by atoms with Crippen molar-refractivity contribution < 1.29 is 14.3 Å². The molecule has 9 heteroatoms. The molecule has 2 aliphatic rings. The SMILES string of the molecule is COc1cc2ncnc(Nc3cccc(Cl)c3C)c2cc1N1CC2(CCNCC2)OC1=O. The first-order valence-corrected chi connectivity index (χ1v) is 10.9. The lowest BCUT2D eigenvalue weighted by molar-refractivity contribution is 0.0316. The molecule has 3 aromatic rings. The molecule has 0 aliphatic carbocycles. The molecule has 0 bridgehead atoms. The summed E-state index contributed by atoms with van der Waals surface area (Å²) >= 11 is 6.28. The van der Waals surface area contributed by atoms with E-state index < -0.39 is 5.60 Å². The number of carbonyl (C=O) groups excluding carboxylic acids is 1. The fraction of sp³-hybridized carbons (Fsp3) is 0.348. The first-order valence-electron chi connectivity index (χ1n) is 10.6. The number of piperidine rings is 1. The number of methoxy groups -OCH3 is 1. The molecule has 1 amide bonds. The molecule has 2 saturated heterocycles. The van der Waals surface area contributed by atoms with E-state index >= 15 is 0 Å². The Bertz CT molecular complexity index is 1200. The molecule has 3 heterocycles. The second kappa shape index (κ2) is 8.11. The Kier molecular flexibility index (Phi) is 5.27. The molecule has 32 heavy (non-hydrogen) atoms. The van der Waals surface area contributed by atoms with Gasteiger partial charge in [0.2, 0.25) is 0 Å². The molecule has 8 nitrogen and oxygen atoms in total. The van der Waals surface area contributed by atoms with E-state index in [0.29, 0.717) is 34.3 Å². The van der Waals surface area contributed by atoms with Crippen molar-refractivity contribution in [3.05, 3.63) is 47.2 Å². The predicted molar refractivity (Wildman–Crippen MR) is 124 cm³/mol. The lowest BCUT2D eigenvalue weighted by Gasteiger charge is -2.31. The molecule has 1 aromatic heterocycles. The van der Waals surface area contributed by atoms with Gasteiger partial charge in [0.05, 0.1) is 24.9 Å². The maximum Gasteiger partial charge on any atom is 0.415 e. The number of rotatable bonds is 4. The van der Waals surface area contributed by atoms with Gasteiger partial charge in [-0.05, 0) is 43.8 Å². The van der Waals surface area contributed by atoms with Gasteiger partial charge in [-0.1, -0.05) is 17.7 Å². The van der Waals surface area contributed by atoms with Gasteiger partial charge in [-0.3, -0.25) is 4.90 Å². The standard InChI is InChI=1S/C23H24ClN5O3/c1-14-16(24)4-3-5-17(14)28-21-15-10-19(20(31-2)11-18(15)26-13-27-21)29-12-23(32-22(29)30)6-8-25-9-7-23/h3-5,10-11,13,25H,6-9,12H2,1-2H3,(H,26,27,28). The minimum Gasteiger partial charge on any atom is -0.494 e. The number of hydrogen-bond acceptors (Lipinski definition) is 7. The van der Waals surface area contributed by atoms with Gasteiger partial charge in [-0.15, -0.1) is 0 Å². The smallest absolute Gasteiger partial charge is 0.415 e. The number of anilines is 3. The maximum atomic E-state index is 12.9. The summed E-state index contributed by atoms with van der Waals surface area (Å²) in [5.41, 5.74) is 2.65. The van der Waals surface area contributed by atoms with Crippen molar-refractivity contribution >= 4 is 45.8 Å². The van der Waals surface area contributed by atoms with Gasteiger partial charge in [0.15, 0.2) is 0 Å². The third kappa shape index (κ3) is 3.59. The zero-order valence-electron chi connectivity index (χ0n) is 17.9. The summed E-state index contributed by atoms with van der Waals surface area (Å²) < 4.78 is 11.5. The fourth-order valence-electron chi connectivity index (χ4n) is 4.37. The molecular formula is C23H24ClN5O3. The third-order valence-electron chi connectivity index (χ3n) is 6.23. The number of nitrogens with zero attached hydrogens (tertiary/aromatic N) is 3. The fourth-order valence-corrected chi connectivity index (χ4v) is 4.54. The average Bonchev–Trinajstić information content (AvgIpc) is 3.11. The molecule has 2 N–H and O–H groups in total. The molecule has 2 fully saturated rings. The highest BCUT2D eigenvalue weighted by molar-refractivity contribution is 6.31. The molecule has 0 saturated carbocycles. The van der Waals surface area contributed by atoms with Crippen LogP contribution >= 0.6 is 11.6 Å². The van der Waals surface area contributed by atoms with Crippen LogP contribution in [0.2, 0.25) is 5.02 Å². The van der Waals surface area contributed by atoms with Gasteiger partial charge in [-0.25, -0.2) is 14.8 Å². The highest BCUT2D eigenvalue weighted by atomic mass is 35.5. The van der Waals surface area contributed by atoms with Crippen molar-refractivity contribution in [2.75, 3.05) is 37.0 Å². The summed E-state index contributed by atoms with van der Waals surface area (Å²) in [4.78, 5) is 23.4. The highest BCUT2D eigenvalue weighted by Gasteiger charge is 2.47. The van der Waals surface area contributed by atoms with Crippen LogP contribution < -0.4 is 20.3 Å². The van der Waals surface area contributed by atoms with E-state index in [0.717, 1.165) is 42.6 Å². The normalized spacial score (nSPS) is 17.6. The largest absolute Gasteiger partial charge is 0.494 e. The van der Waals surface area contributed by atoms with Crippen LogP contribution in [0.3, 0.4) is 0 Å². The maximum absolute atomic E-state index is 12.9. The summed E-state index contributed by atoms with van der Waals surface area (Å²) in [5, 5.41) is 8.12. The van der Waals surface area contributed by atoms with E-state index in [1.165, 1.54) is 6.33 Å². The van der Waals surface area contributed by atoms with Crippen molar-refractivity contribution in [3.8, 4) is 5.75 Å². The number of aromatic nitrogens is 2. The monoisotopic (exact) mass is 453 g/mol. The lowest BCUT2D eigenvalue weighted by Crippen LogP contribution is -2.44. The second-order valence-electron chi connectivity index (χ2n) is 8.19. The lowest BCUT2D eigenvalue weighted by atomic mass is 9.92. The minimum atomic E-state index is -0.464. The van der Waals surface area contributed by atoms with E-state index in [4.69, 9.17) is 21.1 Å². The number of carbonyl (C=O) groups is 1.